The minimum Gasteiger partial charge on any atom is -0.485 e. The van der Waals surface area contributed by atoms with E-state index in [2.05, 4.69) is 5.32 Å². The maximum absolute atomic E-state index is 13.0. The standard InChI is InChI=1S/C25H31NO6/c1-24(2,3)32-23(29)25(13-15-26-16-14-25)31-20-11-9-19(10-12-20)30-21(17-22(27)28)18-7-5-4-6-8-18/h4-12,21,26H,13-17H2,1-3H3,(H,27,28). The van der Waals surface area contributed by atoms with Gasteiger partial charge in [-0.2, -0.15) is 0 Å². The molecule has 2 N–H and O–H groups in total. The number of carbonyl (C=O) groups excluding carboxylic acids is 1. The van der Waals surface area contributed by atoms with Gasteiger partial charge in [-0.1, -0.05) is 30.3 Å². The highest BCUT2D eigenvalue weighted by Crippen LogP contribution is 2.32. The number of piperidine rings is 1. The van der Waals surface area contributed by atoms with Crippen molar-refractivity contribution in [1.29, 1.82) is 0 Å². The summed E-state index contributed by atoms with van der Waals surface area (Å²) >= 11 is 0. The van der Waals surface area contributed by atoms with Gasteiger partial charge in [-0.05, 0) is 63.7 Å². The zero-order chi connectivity index (χ0) is 23.2. The van der Waals surface area contributed by atoms with Crippen LogP contribution in [-0.4, -0.2) is 41.3 Å². The molecule has 172 valence electrons. The maximum atomic E-state index is 13.0. The van der Waals surface area contributed by atoms with Crippen molar-refractivity contribution in [3.8, 4) is 11.5 Å². The van der Waals surface area contributed by atoms with Gasteiger partial charge in [-0.3, -0.25) is 4.79 Å². The lowest BCUT2D eigenvalue weighted by Gasteiger charge is -2.37. The fraction of sp³-hybridized carbons (Fsp3) is 0.440. The van der Waals surface area contributed by atoms with Crippen LogP contribution in [-0.2, 0) is 14.3 Å². The van der Waals surface area contributed by atoms with Crippen molar-refractivity contribution in [3.63, 3.8) is 0 Å². The fourth-order valence-corrected chi connectivity index (χ4v) is 3.58. The first-order valence-electron chi connectivity index (χ1n) is 10.8. The van der Waals surface area contributed by atoms with Crippen molar-refractivity contribution >= 4 is 11.9 Å². The third kappa shape index (κ3) is 6.47. The molecule has 7 heteroatoms. The van der Waals surface area contributed by atoms with Gasteiger partial charge in [0.1, 0.15) is 23.2 Å². The number of carboxylic acid groups (broad SMARTS) is 1. The van der Waals surface area contributed by atoms with Crippen LogP contribution in [0.3, 0.4) is 0 Å². The van der Waals surface area contributed by atoms with Crippen LogP contribution in [0.15, 0.2) is 54.6 Å². The average molecular weight is 442 g/mol. The topological polar surface area (TPSA) is 94.1 Å². The van der Waals surface area contributed by atoms with E-state index >= 15 is 0 Å². The molecule has 1 aliphatic heterocycles. The first kappa shape index (κ1) is 23.6. The van der Waals surface area contributed by atoms with Crippen LogP contribution in [0.1, 0.15) is 51.7 Å². The number of rotatable bonds is 8. The summed E-state index contributed by atoms with van der Waals surface area (Å²) in [5.41, 5.74) is -0.863. The summed E-state index contributed by atoms with van der Waals surface area (Å²) in [7, 11) is 0. The summed E-state index contributed by atoms with van der Waals surface area (Å²) in [5.74, 6) is -0.259. The Bertz CT molecular complexity index is 898. The van der Waals surface area contributed by atoms with E-state index in [-0.39, 0.29) is 12.4 Å². The summed E-state index contributed by atoms with van der Waals surface area (Å²) < 4.78 is 17.8. The van der Waals surface area contributed by atoms with Gasteiger partial charge in [0.25, 0.3) is 0 Å². The Kier molecular flexibility index (Phi) is 7.40. The predicted octanol–water partition coefficient (Wildman–Crippen LogP) is 4.12. The van der Waals surface area contributed by atoms with E-state index < -0.39 is 23.3 Å². The second kappa shape index (κ2) is 10.0. The van der Waals surface area contributed by atoms with Gasteiger partial charge >= 0.3 is 11.9 Å². The molecule has 0 aromatic heterocycles. The van der Waals surface area contributed by atoms with Crippen LogP contribution >= 0.6 is 0 Å². The first-order valence-corrected chi connectivity index (χ1v) is 10.8. The summed E-state index contributed by atoms with van der Waals surface area (Å²) in [6.45, 7) is 6.84. The lowest BCUT2D eigenvalue weighted by Crippen LogP contribution is -2.54. The Morgan fingerprint density at radius 2 is 1.59 bits per heavy atom. The molecular formula is C25H31NO6. The zero-order valence-corrected chi connectivity index (χ0v) is 18.8. The molecule has 1 saturated heterocycles. The lowest BCUT2D eigenvalue weighted by molar-refractivity contribution is -0.176. The number of carboxylic acids is 1. The highest BCUT2D eigenvalue weighted by Gasteiger charge is 2.45. The SMILES string of the molecule is CC(C)(C)OC(=O)C1(Oc2ccc(OC(CC(=O)O)c3ccccc3)cc2)CCNCC1. The largest absolute Gasteiger partial charge is 0.485 e. The van der Waals surface area contributed by atoms with Gasteiger partial charge in [0.05, 0.1) is 6.42 Å². The van der Waals surface area contributed by atoms with Crippen LogP contribution in [0.25, 0.3) is 0 Å². The smallest absolute Gasteiger partial charge is 0.351 e. The highest BCUT2D eigenvalue weighted by molar-refractivity contribution is 5.80. The van der Waals surface area contributed by atoms with Gasteiger partial charge in [0.15, 0.2) is 0 Å². The Labute approximate surface area is 188 Å². The molecule has 32 heavy (non-hydrogen) atoms. The predicted molar refractivity (Wildman–Crippen MR) is 120 cm³/mol. The third-order valence-corrected chi connectivity index (χ3v) is 5.13. The van der Waals surface area contributed by atoms with Crippen LogP contribution in [0, 0.1) is 0 Å². The van der Waals surface area contributed by atoms with Gasteiger partial charge < -0.3 is 24.6 Å². The molecule has 7 nitrogen and oxygen atoms in total. The molecule has 0 saturated carbocycles. The first-order chi connectivity index (χ1) is 15.2. The van der Waals surface area contributed by atoms with Crippen molar-refractivity contribution < 1.29 is 28.9 Å². The van der Waals surface area contributed by atoms with E-state index in [4.69, 9.17) is 14.2 Å². The highest BCUT2D eigenvalue weighted by atomic mass is 16.6. The van der Waals surface area contributed by atoms with E-state index in [0.29, 0.717) is 37.4 Å². The second-order valence-electron chi connectivity index (χ2n) is 8.93. The minimum absolute atomic E-state index is 0.156. The van der Waals surface area contributed by atoms with Crippen molar-refractivity contribution in [2.24, 2.45) is 0 Å². The number of carbonyl (C=O) groups is 2. The van der Waals surface area contributed by atoms with Gasteiger partial charge in [-0.15, -0.1) is 0 Å². The number of esters is 1. The van der Waals surface area contributed by atoms with Gasteiger partial charge in [0.2, 0.25) is 5.60 Å². The van der Waals surface area contributed by atoms with E-state index in [1.54, 1.807) is 24.3 Å². The molecule has 1 atom stereocenters. The van der Waals surface area contributed by atoms with Crippen LogP contribution < -0.4 is 14.8 Å². The normalized spacial score (nSPS) is 16.6. The number of nitrogens with one attached hydrogen (secondary N) is 1. The van der Waals surface area contributed by atoms with E-state index in [0.717, 1.165) is 5.56 Å². The third-order valence-electron chi connectivity index (χ3n) is 5.13. The monoisotopic (exact) mass is 441 g/mol. The molecule has 0 radical (unpaired) electrons. The zero-order valence-electron chi connectivity index (χ0n) is 18.8. The fourth-order valence-electron chi connectivity index (χ4n) is 3.58. The average Bonchev–Trinajstić information content (AvgIpc) is 2.74. The van der Waals surface area contributed by atoms with Crippen LogP contribution in [0.2, 0.25) is 0 Å². The molecule has 1 aliphatic rings. The molecule has 1 unspecified atom stereocenters. The number of benzene rings is 2. The molecule has 1 heterocycles. The van der Waals surface area contributed by atoms with E-state index in [9.17, 15) is 14.7 Å². The number of ether oxygens (including phenoxy) is 3. The van der Waals surface area contributed by atoms with Crippen molar-refractivity contribution in [3.05, 3.63) is 60.2 Å². The van der Waals surface area contributed by atoms with E-state index in [1.807, 2.05) is 51.1 Å². The molecule has 0 bridgehead atoms. The molecule has 3 rings (SSSR count). The van der Waals surface area contributed by atoms with Gasteiger partial charge in [0, 0.05) is 12.8 Å². The molecule has 0 spiro atoms. The second-order valence-corrected chi connectivity index (χ2v) is 8.93. The van der Waals surface area contributed by atoms with Crippen molar-refractivity contribution in [2.45, 2.75) is 57.3 Å². The van der Waals surface area contributed by atoms with Crippen LogP contribution in [0.4, 0.5) is 0 Å². The minimum atomic E-state index is -1.04. The molecule has 1 fully saturated rings. The number of hydrogen-bond acceptors (Lipinski definition) is 6. The lowest BCUT2D eigenvalue weighted by atomic mass is 9.91. The Morgan fingerprint density at radius 3 is 2.16 bits per heavy atom. The quantitative estimate of drug-likeness (QED) is 0.595. The van der Waals surface area contributed by atoms with Crippen molar-refractivity contribution in [1.82, 2.24) is 5.32 Å². The molecule has 0 amide bonds. The molecule has 2 aromatic carbocycles. The Balaban J connectivity index is 1.74. The maximum Gasteiger partial charge on any atom is 0.351 e. The molecule has 0 aliphatic carbocycles. The summed E-state index contributed by atoms with van der Waals surface area (Å²) in [6, 6.07) is 16.1. The van der Waals surface area contributed by atoms with Crippen molar-refractivity contribution in [2.75, 3.05) is 13.1 Å². The Morgan fingerprint density at radius 1 is 1.00 bits per heavy atom. The molecule has 2 aromatic rings. The van der Waals surface area contributed by atoms with Gasteiger partial charge in [-0.25, -0.2) is 4.79 Å². The summed E-state index contributed by atoms with van der Waals surface area (Å²) in [5, 5.41) is 12.5. The molecular weight excluding hydrogens is 410 g/mol. The summed E-state index contributed by atoms with van der Waals surface area (Å²) in [4.78, 5) is 24.3. The summed E-state index contributed by atoms with van der Waals surface area (Å²) in [6.07, 6.45) is 0.249. The number of hydrogen-bond donors (Lipinski definition) is 2. The number of aliphatic carboxylic acids is 1. The van der Waals surface area contributed by atoms with E-state index in [1.165, 1.54) is 0 Å². The van der Waals surface area contributed by atoms with Crippen LogP contribution in [0.5, 0.6) is 11.5 Å². The Hall–Kier alpha value is -3.06.